The molecule has 0 aromatic heterocycles. The van der Waals surface area contributed by atoms with E-state index >= 15 is 0 Å². The lowest BCUT2D eigenvalue weighted by molar-refractivity contribution is -0.151. The average molecular weight is 442 g/mol. The van der Waals surface area contributed by atoms with E-state index in [0.29, 0.717) is 11.1 Å². The summed E-state index contributed by atoms with van der Waals surface area (Å²) in [5.74, 6) is -2.84. The minimum atomic E-state index is -0.768. The Morgan fingerprint density at radius 3 is 1.22 bits per heavy atom. The van der Waals surface area contributed by atoms with Crippen LogP contribution in [0.1, 0.15) is 42.6 Å². The van der Waals surface area contributed by atoms with E-state index in [0.717, 1.165) is 0 Å². The fraction of sp³-hybridized carbons (Fsp3) is 0.261. The molecule has 2 aromatic rings. The van der Waals surface area contributed by atoms with E-state index in [-0.39, 0.29) is 30.5 Å². The highest BCUT2D eigenvalue weighted by Crippen LogP contribution is 2.19. The number of hydrogen-bond donors (Lipinski definition) is 0. The van der Waals surface area contributed by atoms with E-state index in [9.17, 15) is 24.0 Å². The zero-order valence-corrected chi connectivity index (χ0v) is 17.6. The second kappa shape index (κ2) is 12.0. The predicted octanol–water partition coefficient (Wildman–Crippen LogP) is 2.63. The second-order valence-corrected chi connectivity index (χ2v) is 6.29. The summed E-state index contributed by atoms with van der Waals surface area (Å²) >= 11 is 0. The topological polar surface area (TPSA) is 122 Å². The van der Waals surface area contributed by atoms with Gasteiger partial charge in [-0.3, -0.25) is 24.0 Å². The molecule has 0 heterocycles. The van der Waals surface area contributed by atoms with Crippen molar-refractivity contribution >= 4 is 29.7 Å². The molecular weight excluding hydrogens is 420 g/mol. The van der Waals surface area contributed by atoms with Gasteiger partial charge >= 0.3 is 23.9 Å². The zero-order valence-electron chi connectivity index (χ0n) is 17.6. The van der Waals surface area contributed by atoms with Gasteiger partial charge in [0.15, 0.2) is 5.78 Å². The number of ether oxygens (including phenoxy) is 4. The van der Waals surface area contributed by atoms with E-state index in [1.54, 1.807) is 13.8 Å². The Labute approximate surface area is 184 Å². The van der Waals surface area contributed by atoms with Crippen LogP contribution in [-0.4, -0.2) is 42.9 Å². The molecule has 0 aliphatic heterocycles. The van der Waals surface area contributed by atoms with Crippen LogP contribution in [0.25, 0.3) is 0 Å². The lowest BCUT2D eigenvalue weighted by Gasteiger charge is -2.07. The molecule has 2 aromatic carbocycles. The van der Waals surface area contributed by atoms with Crippen LogP contribution < -0.4 is 9.47 Å². The third-order valence-electron chi connectivity index (χ3n) is 3.88. The minimum Gasteiger partial charge on any atom is -0.466 e. The highest BCUT2D eigenvalue weighted by molar-refractivity contribution is 6.09. The fourth-order valence-corrected chi connectivity index (χ4v) is 2.51. The van der Waals surface area contributed by atoms with Crippen LogP contribution in [0.2, 0.25) is 0 Å². The molecule has 9 heteroatoms. The molecule has 168 valence electrons. The number of esters is 4. The zero-order chi connectivity index (χ0) is 23.5. The Balaban J connectivity index is 1.93. The van der Waals surface area contributed by atoms with E-state index in [1.165, 1.54) is 48.5 Å². The summed E-state index contributed by atoms with van der Waals surface area (Å²) in [4.78, 5) is 58.6. The molecule has 0 aliphatic rings. The summed E-state index contributed by atoms with van der Waals surface area (Å²) in [7, 11) is 0. The molecule has 9 nitrogen and oxygen atoms in total. The summed E-state index contributed by atoms with van der Waals surface area (Å²) in [6.45, 7) is 3.59. The molecule has 0 fully saturated rings. The van der Waals surface area contributed by atoms with Crippen molar-refractivity contribution in [2.75, 3.05) is 13.2 Å². The summed E-state index contributed by atoms with van der Waals surface area (Å²) in [5.41, 5.74) is 0.671. The molecule has 0 spiro atoms. The first kappa shape index (κ1) is 24.3. The van der Waals surface area contributed by atoms with E-state index in [2.05, 4.69) is 9.47 Å². The maximum atomic E-state index is 12.6. The number of benzene rings is 2. The van der Waals surface area contributed by atoms with Gasteiger partial charge in [-0.05, 0) is 62.4 Å². The van der Waals surface area contributed by atoms with Gasteiger partial charge in [-0.15, -0.1) is 0 Å². The molecule has 0 amide bonds. The highest BCUT2D eigenvalue weighted by Gasteiger charge is 2.15. The van der Waals surface area contributed by atoms with Crippen molar-refractivity contribution < 1.29 is 42.9 Å². The quantitative estimate of drug-likeness (QED) is 0.236. The SMILES string of the molecule is CCOC(=O)CC(=O)Oc1ccc(C(=O)c2ccc(OC(=O)CC(=O)OCC)cc2)cc1. The van der Waals surface area contributed by atoms with Crippen molar-refractivity contribution in [2.45, 2.75) is 26.7 Å². The van der Waals surface area contributed by atoms with Crippen LogP contribution in [-0.2, 0) is 28.7 Å². The first-order valence-corrected chi connectivity index (χ1v) is 9.79. The van der Waals surface area contributed by atoms with Gasteiger partial charge in [0.1, 0.15) is 24.3 Å². The molecular formula is C23H22O9. The molecule has 0 atom stereocenters. The second-order valence-electron chi connectivity index (χ2n) is 6.29. The van der Waals surface area contributed by atoms with Gasteiger partial charge < -0.3 is 18.9 Å². The van der Waals surface area contributed by atoms with Gasteiger partial charge in [0.25, 0.3) is 0 Å². The maximum absolute atomic E-state index is 12.6. The predicted molar refractivity (Wildman–Crippen MR) is 110 cm³/mol. The Morgan fingerprint density at radius 2 is 0.906 bits per heavy atom. The molecule has 0 saturated heterocycles. The van der Waals surface area contributed by atoms with Gasteiger partial charge in [-0.1, -0.05) is 0 Å². The van der Waals surface area contributed by atoms with Gasteiger partial charge in [-0.2, -0.15) is 0 Å². The summed E-state index contributed by atoms with van der Waals surface area (Å²) in [5, 5.41) is 0. The van der Waals surface area contributed by atoms with Crippen LogP contribution in [0, 0.1) is 0 Å². The number of carbonyl (C=O) groups is 5. The smallest absolute Gasteiger partial charge is 0.322 e. The van der Waals surface area contributed by atoms with Crippen LogP contribution in [0.15, 0.2) is 48.5 Å². The van der Waals surface area contributed by atoms with Crippen LogP contribution >= 0.6 is 0 Å². The minimum absolute atomic E-state index is 0.167. The summed E-state index contributed by atoms with van der Waals surface area (Å²) < 4.78 is 19.4. The lowest BCUT2D eigenvalue weighted by atomic mass is 10.0. The Bertz CT molecular complexity index is 896. The fourth-order valence-electron chi connectivity index (χ4n) is 2.51. The number of ketones is 1. The Morgan fingerprint density at radius 1 is 0.562 bits per heavy atom. The third kappa shape index (κ3) is 7.67. The van der Waals surface area contributed by atoms with E-state index in [4.69, 9.17) is 9.47 Å². The molecule has 0 bridgehead atoms. The normalized spacial score (nSPS) is 10.1. The Kier molecular flexibility index (Phi) is 9.09. The van der Waals surface area contributed by atoms with Crippen molar-refractivity contribution in [2.24, 2.45) is 0 Å². The first-order chi connectivity index (χ1) is 15.3. The van der Waals surface area contributed by atoms with E-state index in [1.807, 2.05) is 0 Å². The van der Waals surface area contributed by atoms with Crippen molar-refractivity contribution in [3.8, 4) is 11.5 Å². The van der Waals surface area contributed by atoms with Crippen molar-refractivity contribution in [1.82, 2.24) is 0 Å². The van der Waals surface area contributed by atoms with Crippen LogP contribution in [0.5, 0.6) is 11.5 Å². The van der Waals surface area contributed by atoms with Gasteiger partial charge in [0.05, 0.1) is 13.2 Å². The van der Waals surface area contributed by atoms with Crippen molar-refractivity contribution in [1.29, 1.82) is 0 Å². The van der Waals surface area contributed by atoms with Crippen LogP contribution in [0.3, 0.4) is 0 Å². The van der Waals surface area contributed by atoms with Crippen molar-refractivity contribution in [3.63, 3.8) is 0 Å². The molecule has 0 N–H and O–H groups in total. The lowest BCUT2D eigenvalue weighted by Crippen LogP contribution is -2.16. The Hall–Kier alpha value is -4.01. The summed E-state index contributed by atoms with van der Waals surface area (Å²) in [6.07, 6.45) is -1.02. The monoisotopic (exact) mass is 442 g/mol. The molecule has 0 unspecified atom stereocenters. The highest BCUT2D eigenvalue weighted by atomic mass is 16.6. The number of rotatable bonds is 10. The number of hydrogen-bond acceptors (Lipinski definition) is 9. The largest absolute Gasteiger partial charge is 0.466 e. The van der Waals surface area contributed by atoms with Gasteiger partial charge in [0.2, 0.25) is 0 Å². The van der Waals surface area contributed by atoms with Crippen molar-refractivity contribution in [3.05, 3.63) is 59.7 Å². The first-order valence-electron chi connectivity index (χ1n) is 9.79. The molecule has 32 heavy (non-hydrogen) atoms. The van der Waals surface area contributed by atoms with Gasteiger partial charge in [-0.25, -0.2) is 0 Å². The molecule has 0 radical (unpaired) electrons. The standard InChI is InChI=1S/C23H22O9/c1-3-29-19(24)13-21(26)31-17-9-5-15(6-10-17)23(28)16-7-11-18(12-8-16)32-22(27)14-20(25)30-4-2/h5-12H,3-4,13-14H2,1-2H3. The maximum Gasteiger partial charge on any atom is 0.322 e. The third-order valence-corrected chi connectivity index (χ3v) is 3.88. The molecule has 2 rings (SSSR count). The van der Waals surface area contributed by atoms with E-state index < -0.39 is 36.7 Å². The molecule has 0 aliphatic carbocycles. The number of carbonyl (C=O) groups excluding carboxylic acids is 5. The average Bonchev–Trinajstić information content (AvgIpc) is 2.74. The van der Waals surface area contributed by atoms with Gasteiger partial charge in [0, 0.05) is 11.1 Å². The summed E-state index contributed by atoms with van der Waals surface area (Å²) in [6, 6.07) is 11.6. The molecule has 0 saturated carbocycles. The van der Waals surface area contributed by atoms with Crippen LogP contribution in [0.4, 0.5) is 0 Å².